The predicted molar refractivity (Wildman–Crippen MR) is 88.0 cm³/mol. The summed E-state index contributed by atoms with van der Waals surface area (Å²) in [6, 6.07) is 3.44. The van der Waals surface area contributed by atoms with Gasteiger partial charge in [-0.05, 0) is 43.0 Å². The van der Waals surface area contributed by atoms with Crippen LogP contribution in [0.1, 0.15) is 54.6 Å². The van der Waals surface area contributed by atoms with E-state index in [1.54, 1.807) is 4.90 Å². The molecule has 1 aromatic rings. The molecule has 0 spiro atoms. The van der Waals surface area contributed by atoms with Crippen LogP contribution in [0.15, 0.2) is 17.5 Å². The van der Waals surface area contributed by atoms with Crippen LogP contribution in [0.4, 0.5) is 0 Å². The lowest BCUT2D eigenvalue weighted by Crippen LogP contribution is -2.46. The summed E-state index contributed by atoms with van der Waals surface area (Å²) in [5.74, 6) is 0.666. The van der Waals surface area contributed by atoms with E-state index in [0.717, 1.165) is 24.3 Å². The molecule has 1 aromatic heterocycles. The molecule has 1 aliphatic carbocycles. The lowest BCUT2D eigenvalue weighted by atomic mass is 9.89. The van der Waals surface area contributed by atoms with Crippen LogP contribution in [-0.2, 0) is 4.79 Å². The maximum absolute atomic E-state index is 12.5. The Kier molecular flexibility index (Phi) is 5.13. The number of carbonyl (C=O) groups is 2. The van der Waals surface area contributed by atoms with Gasteiger partial charge in [-0.15, -0.1) is 11.3 Å². The zero-order chi connectivity index (χ0) is 15.4. The highest BCUT2D eigenvalue weighted by Gasteiger charge is 2.34. The van der Waals surface area contributed by atoms with E-state index >= 15 is 0 Å². The molecule has 1 saturated carbocycles. The molecule has 2 amide bonds. The van der Waals surface area contributed by atoms with Crippen LogP contribution in [0.2, 0.25) is 0 Å². The Labute approximate surface area is 135 Å². The summed E-state index contributed by atoms with van der Waals surface area (Å²) < 4.78 is 0. The number of hydrogen-bond donors (Lipinski definition) is 1. The van der Waals surface area contributed by atoms with E-state index in [4.69, 9.17) is 0 Å². The first-order valence-corrected chi connectivity index (χ1v) is 9.26. The van der Waals surface area contributed by atoms with Gasteiger partial charge in [-0.1, -0.05) is 25.3 Å². The number of amides is 2. The topological polar surface area (TPSA) is 49.4 Å². The molecule has 5 heteroatoms. The summed E-state index contributed by atoms with van der Waals surface area (Å²) in [5, 5.41) is 5.00. The second-order valence-electron chi connectivity index (χ2n) is 6.38. The average Bonchev–Trinajstić information content (AvgIpc) is 3.24. The normalized spacial score (nSPS) is 22.7. The molecule has 120 valence electrons. The Morgan fingerprint density at radius 3 is 2.73 bits per heavy atom. The number of thiophene rings is 1. The zero-order valence-corrected chi connectivity index (χ0v) is 13.7. The van der Waals surface area contributed by atoms with Crippen molar-refractivity contribution in [3.63, 3.8) is 0 Å². The van der Waals surface area contributed by atoms with Gasteiger partial charge in [0, 0.05) is 13.1 Å². The molecule has 3 rings (SSSR count). The van der Waals surface area contributed by atoms with E-state index in [1.807, 2.05) is 17.5 Å². The van der Waals surface area contributed by atoms with Gasteiger partial charge in [0.05, 0.1) is 4.88 Å². The summed E-state index contributed by atoms with van der Waals surface area (Å²) in [6.07, 6.45) is 8.05. The summed E-state index contributed by atoms with van der Waals surface area (Å²) in [5.41, 5.74) is 0. The van der Waals surface area contributed by atoms with Crippen molar-refractivity contribution in [2.24, 2.45) is 5.92 Å². The smallest absolute Gasteiger partial charge is 0.264 e. The Balaban J connectivity index is 1.55. The van der Waals surface area contributed by atoms with Crippen molar-refractivity contribution in [3.05, 3.63) is 22.4 Å². The van der Waals surface area contributed by atoms with Crippen molar-refractivity contribution in [1.82, 2.24) is 10.2 Å². The first-order chi connectivity index (χ1) is 10.8. The van der Waals surface area contributed by atoms with E-state index in [-0.39, 0.29) is 17.9 Å². The largest absolute Gasteiger partial charge is 0.354 e. The molecule has 1 atom stereocenters. The lowest BCUT2D eigenvalue weighted by Gasteiger charge is -2.26. The van der Waals surface area contributed by atoms with Gasteiger partial charge in [-0.25, -0.2) is 0 Å². The van der Waals surface area contributed by atoms with Gasteiger partial charge in [0.2, 0.25) is 5.91 Å². The first kappa shape index (κ1) is 15.5. The second-order valence-corrected chi connectivity index (χ2v) is 7.33. The molecule has 0 unspecified atom stereocenters. The highest BCUT2D eigenvalue weighted by molar-refractivity contribution is 7.12. The molecule has 2 fully saturated rings. The van der Waals surface area contributed by atoms with E-state index in [9.17, 15) is 9.59 Å². The van der Waals surface area contributed by atoms with Crippen LogP contribution in [0.3, 0.4) is 0 Å². The summed E-state index contributed by atoms with van der Waals surface area (Å²) in [4.78, 5) is 27.4. The van der Waals surface area contributed by atoms with Crippen LogP contribution < -0.4 is 5.32 Å². The second kappa shape index (κ2) is 7.27. The molecule has 0 radical (unpaired) electrons. The number of carbonyl (C=O) groups excluding carboxylic acids is 2. The predicted octanol–water partition coefficient (Wildman–Crippen LogP) is 3.05. The quantitative estimate of drug-likeness (QED) is 0.927. The first-order valence-electron chi connectivity index (χ1n) is 8.38. The third-order valence-corrected chi connectivity index (χ3v) is 5.70. The molecule has 22 heavy (non-hydrogen) atoms. The van der Waals surface area contributed by atoms with E-state index < -0.39 is 0 Å². The molecular formula is C17H24N2O2S. The minimum absolute atomic E-state index is 0.00492. The van der Waals surface area contributed by atoms with Crippen LogP contribution in [0.5, 0.6) is 0 Å². The molecule has 0 bridgehead atoms. The molecule has 1 N–H and O–H groups in total. The minimum Gasteiger partial charge on any atom is -0.354 e. The number of likely N-dealkylation sites (tertiary alicyclic amines) is 1. The maximum atomic E-state index is 12.5. The van der Waals surface area contributed by atoms with Gasteiger partial charge in [0.1, 0.15) is 6.04 Å². The van der Waals surface area contributed by atoms with Crippen LogP contribution in [-0.4, -0.2) is 35.8 Å². The Morgan fingerprint density at radius 1 is 1.18 bits per heavy atom. The van der Waals surface area contributed by atoms with Gasteiger partial charge in [-0.2, -0.15) is 0 Å². The number of nitrogens with zero attached hydrogens (tertiary/aromatic N) is 1. The number of hydrogen-bond acceptors (Lipinski definition) is 3. The summed E-state index contributed by atoms with van der Waals surface area (Å²) >= 11 is 1.44. The van der Waals surface area contributed by atoms with Crippen molar-refractivity contribution in [2.45, 2.75) is 51.0 Å². The van der Waals surface area contributed by atoms with Crippen molar-refractivity contribution in [3.8, 4) is 0 Å². The standard InChI is InChI=1S/C17H24N2O2S/c20-16(18-12-13-6-2-1-3-7-13)14-8-4-10-19(14)17(21)15-9-5-11-22-15/h5,9,11,13-14H,1-4,6-8,10,12H2,(H,18,20)/t14-/m1/s1. The average molecular weight is 320 g/mol. The Bertz CT molecular complexity index is 509. The molecule has 0 aromatic carbocycles. The van der Waals surface area contributed by atoms with Crippen molar-refractivity contribution >= 4 is 23.2 Å². The third-order valence-electron chi connectivity index (χ3n) is 4.84. The SMILES string of the molecule is O=C(NCC1CCCCC1)[C@H]1CCCN1C(=O)c1cccs1. The number of rotatable bonds is 4. The molecule has 4 nitrogen and oxygen atoms in total. The molecule has 1 aliphatic heterocycles. The molecule has 1 saturated heterocycles. The summed E-state index contributed by atoms with van der Waals surface area (Å²) in [7, 11) is 0. The Morgan fingerprint density at radius 2 is 2.00 bits per heavy atom. The molecule has 2 aliphatic rings. The minimum atomic E-state index is -0.279. The van der Waals surface area contributed by atoms with Crippen LogP contribution in [0.25, 0.3) is 0 Å². The summed E-state index contributed by atoms with van der Waals surface area (Å²) in [6.45, 7) is 1.47. The lowest BCUT2D eigenvalue weighted by molar-refractivity contribution is -0.125. The maximum Gasteiger partial charge on any atom is 0.264 e. The highest BCUT2D eigenvalue weighted by atomic mass is 32.1. The fraction of sp³-hybridized carbons (Fsp3) is 0.647. The van der Waals surface area contributed by atoms with Gasteiger partial charge in [0.15, 0.2) is 0 Å². The fourth-order valence-electron chi connectivity index (χ4n) is 3.58. The fourth-order valence-corrected chi connectivity index (χ4v) is 4.26. The highest BCUT2D eigenvalue weighted by Crippen LogP contribution is 2.24. The van der Waals surface area contributed by atoms with Crippen LogP contribution in [0, 0.1) is 5.92 Å². The monoisotopic (exact) mass is 320 g/mol. The van der Waals surface area contributed by atoms with Crippen molar-refractivity contribution in [1.29, 1.82) is 0 Å². The molecule has 2 heterocycles. The van der Waals surface area contributed by atoms with Crippen LogP contribution >= 0.6 is 11.3 Å². The van der Waals surface area contributed by atoms with Crippen molar-refractivity contribution in [2.75, 3.05) is 13.1 Å². The van der Waals surface area contributed by atoms with E-state index in [0.29, 0.717) is 12.5 Å². The molecular weight excluding hydrogens is 296 g/mol. The van der Waals surface area contributed by atoms with Crippen molar-refractivity contribution < 1.29 is 9.59 Å². The van der Waals surface area contributed by atoms with Gasteiger partial charge >= 0.3 is 0 Å². The van der Waals surface area contributed by atoms with Gasteiger partial charge in [-0.3, -0.25) is 9.59 Å². The number of nitrogens with one attached hydrogen (secondary N) is 1. The van der Waals surface area contributed by atoms with E-state index in [1.165, 1.54) is 43.4 Å². The van der Waals surface area contributed by atoms with E-state index in [2.05, 4.69) is 5.32 Å². The van der Waals surface area contributed by atoms with Gasteiger partial charge in [0.25, 0.3) is 5.91 Å². The van der Waals surface area contributed by atoms with Gasteiger partial charge < -0.3 is 10.2 Å². The Hall–Kier alpha value is -1.36. The third kappa shape index (κ3) is 3.51. The zero-order valence-electron chi connectivity index (χ0n) is 12.9.